The van der Waals surface area contributed by atoms with Crippen molar-refractivity contribution in [3.63, 3.8) is 0 Å². The van der Waals surface area contributed by atoms with Gasteiger partial charge in [-0.2, -0.15) is 0 Å². The highest BCUT2D eigenvalue weighted by atomic mass is 19.1. The van der Waals surface area contributed by atoms with Gasteiger partial charge in [-0.3, -0.25) is 9.80 Å². The topological polar surface area (TPSA) is 35.9 Å². The molecule has 1 N–H and O–H groups in total. The zero-order valence-corrected chi connectivity index (χ0v) is 16.0. The third-order valence-corrected chi connectivity index (χ3v) is 5.11. The van der Waals surface area contributed by atoms with Gasteiger partial charge < -0.3 is 9.84 Å². The summed E-state index contributed by atoms with van der Waals surface area (Å²) < 4.78 is 19.0. The van der Waals surface area contributed by atoms with Crippen LogP contribution in [0.5, 0.6) is 0 Å². The molecule has 0 spiro atoms. The van der Waals surface area contributed by atoms with Crippen LogP contribution in [0.4, 0.5) is 4.39 Å². The molecular weight excluding hydrogens is 343 g/mol. The molecule has 0 aromatic heterocycles. The van der Waals surface area contributed by atoms with Crippen LogP contribution in [0.25, 0.3) is 0 Å². The summed E-state index contributed by atoms with van der Waals surface area (Å²) in [6.07, 6.45) is -0.556. The zero-order valence-electron chi connectivity index (χ0n) is 16.0. The lowest BCUT2D eigenvalue weighted by atomic mass is 10.1. The van der Waals surface area contributed by atoms with Gasteiger partial charge in [0, 0.05) is 44.8 Å². The van der Waals surface area contributed by atoms with Gasteiger partial charge in [0.15, 0.2) is 0 Å². The zero-order chi connectivity index (χ0) is 19.1. The molecule has 4 nitrogen and oxygen atoms in total. The number of halogens is 1. The van der Waals surface area contributed by atoms with E-state index in [1.165, 1.54) is 17.2 Å². The Bertz CT molecular complexity index is 717. The first-order valence-electron chi connectivity index (χ1n) is 9.60. The Morgan fingerprint density at radius 2 is 1.59 bits per heavy atom. The average molecular weight is 372 g/mol. The van der Waals surface area contributed by atoms with E-state index in [-0.39, 0.29) is 19.0 Å². The molecular formula is C22H29FN2O2. The lowest BCUT2D eigenvalue weighted by Crippen LogP contribution is -2.48. The predicted molar refractivity (Wildman–Crippen MR) is 105 cm³/mol. The molecule has 0 amide bonds. The first-order chi connectivity index (χ1) is 13.1. The maximum atomic E-state index is 13.5. The van der Waals surface area contributed by atoms with Gasteiger partial charge in [-0.15, -0.1) is 0 Å². The third kappa shape index (κ3) is 6.11. The van der Waals surface area contributed by atoms with E-state index in [1.54, 1.807) is 18.2 Å². The largest absolute Gasteiger partial charge is 0.389 e. The van der Waals surface area contributed by atoms with Crippen LogP contribution in [-0.4, -0.2) is 60.3 Å². The number of rotatable bonds is 8. The summed E-state index contributed by atoms with van der Waals surface area (Å²) in [7, 11) is 0. The minimum atomic E-state index is -0.556. The monoisotopic (exact) mass is 372 g/mol. The van der Waals surface area contributed by atoms with Gasteiger partial charge in [0.05, 0.1) is 19.3 Å². The molecule has 3 rings (SSSR count). The van der Waals surface area contributed by atoms with Gasteiger partial charge in [-0.1, -0.05) is 42.5 Å². The lowest BCUT2D eigenvalue weighted by Gasteiger charge is -2.35. The Morgan fingerprint density at radius 1 is 0.963 bits per heavy atom. The number of β-amino-alcohol motifs (C(OH)–C–C–N with tert-alkyl or cyclic N) is 1. The van der Waals surface area contributed by atoms with Crippen molar-refractivity contribution in [2.24, 2.45) is 0 Å². The fraction of sp³-hybridized carbons (Fsp3) is 0.455. The van der Waals surface area contributed by atoms with Crippen molar-refractivity contribution >= 4 is 0 Å². The van der Waals surface area contributed by atoms with Crippen molar-refractivity contribution in [3.8, 4) is 0 Å². The Balaban J connectivity index is 1.35. The van der Waals surface area contributed by atoms with Crippen LogP contribution < -0.4 is 0 Å². The fourth-order valence-electron chi connectivity index (χ4n) is 3.43. The number of ether oxygens (including phenoxy) is 1. The standard InChI is InChI=1S/C22H29FN2O2/c1-18-6-2-3-7-19(18)14-24-10-12-25(13-11-24)15-21(26)17-27-16-20-8-4-5-9-22(20)23/h2-9,21,26H,10-17H2,1H3. The van der Waals surface area contributed by atoms with Crippen LogP contribution in [0.15, 0.2) is 48.5 Å². The van der Waals surface area contributed by atoms with Crippen molar-refractivity contribution < 1.29 is 14.2 Å². The highest BCUT2D eigenvalue weighted by molar-refractivity contribution is 5.25. The number of aryl methyl sites for hydroxylation is 1. The number of aliphatic hydroxyl groups excluding tert-OH is 1. The number of nitrogens with zero attached hydrogens (tertiary/aromatic N) is 2. The molecule has 1 aliphatic heterocycles. The number of aliphatic hydroxyl groups is 1. The average Bonchev–Trinajstić information content (AvgIpc) is 2.67. The van der Waals surface area contributed by atoms with Crippen LogP contribution in [-0.2, 0) is 17.9 Å². The fourth-order valence-corrected chi connectivity index (χ4v) is 3.43. The summed E-state index contributed by atoms with van der Waals surface area (Å²) in [5.41, 5.74) is 3.24. The Hall–Kier alpha value is -1.79. The van der Waals surface area contributed by atoms with E-state index in [1.807, 2.05) is 0 Å². The second-order valence-corrected chi connectivity index (χ2v) is 7.26. The van der Waals surface area contributed by atoms with Crippen molar-refractivity contribution in [2.45, 2.75) is 26.2 Å². The van der Waals surface area contributed by atoms with Gasteiger partial charge >= 0.3 is 0 Å². The lowest BCUT2D eigenvalue weighted by molar-refractivity contribution is 0.000245. The van der Waals surface area contributed by atoms with Gasteiger partial charge in [0.2, 0.25) is 0 Å². The second-order valence-electron chi connectivity index (χ2n) is 7.26. The van der Waals surface area contributed by atoms with Gasteiger partial charge in [0.25, 0.3) is 0 Å². The molecule has 1 saturated heterocycles. The van der Waals surface area contributed by atoms with Crippen molar-refractivity contribution in [1.82, 2.24) is 9.80 Å². The normalized spacial score (nSPS) is 17.1. The molecule has 0 radical (unpaired) electrons. The molecule has 146 valence electrons. The number of hydrogen-bond donors (Lipinski definition) is 1. The summed E-state index contributed by atoms with van der Waals surface area (Å²) in [6, 6.07) is 15.1. The first-order valence-corrected chi connectivity index (χ1v) is 9.60. The number of hydrogen-bond acceptors (Lipinski definition) is 4. The van der Waals surface area contributed by atoms with E-state index in [4.69, 9.17) is 4.74 Å². The summed E-state index contributed by atoms with van der Waals surface area (Å²) >= 11 is 0. The van der Waals surface area contributed by atoms with Crippen LogP contribution in [0, 0.1) is 12.7 Å². The van der Waals surface area contributed by atoms with Crippen molar-refractivity contribution in [3.05, 3.63) is 71.0 Å². The van der Waals surface area contributed by atoms with Crippen LogP contribution in [0.2, 0.25) is 0 Å². The maximum Gasteiger partial charge on any atom is 0.128 e. The van der Waals surface area contributed by atoms with Crippen LogP contribution in [0.3, 0.4) is 0 Å². The van der Waals surface area contributed by atoms with Crippen molar-refractivity contribution in [2.75, 3.05) is 39.3 Å². The Morgan fingerprint density at radius 3 is 2.30 bits per heavy atom. The molecule has 2 aromatic rings. The number of piperazine rings is 1. The molecule has 27 heavy (non-hydrogen) atoms. The maximum absolute atomic E-state index is 13.5. The molecule has 1 atom stereocenters. The molecule has 0 aliphatic carbocycles. The summed E-state index contributed by atoms with van der Waals surface area (Å²) in [4.78, 5) is 4.73. The first kappa shape index (κ1) is 20.0. The minimum Gasteiger partial charge on any atom is -0.389 e. The molecule has 5 heteroatoms. The van der Waals surface area contributed by atoms with E-state index >= 15 is 0 Å². The van der Waals surface area contributed by atoms with Gasteiger partial charge in [0.1, 0.15) is 5.82 Å². The highest BCUT2D eigenvalue weighted by Gasteiger charge is 2.19. The molecule has 0 saturated carbocycles. The summed E-state index contributed by atoms with van der Waals surface area (Å²) in [5, 5.41) is 10.2. The van der Waals surface area contributed by atoms with E-state index in [9.17, 15) is 9.50 Å². The van der Waals surface area contributed by atoms with Crippen molar-refractivity contribution in [1.29, 1.82) is 0 Å². The quantitative estimate of drug-likeness (QED) is 0.773. The Kier molecular flexibility index (Phi) is 7.35. The molecule has 1 heterocycles. The third-order valence-electron chi connectivity index (χ3n) is 5.11. The number of benzene rings is 2. The van der Waals surface area contributed by atoms with Crippen LogP contribution >= 0.6 is 0 Å². The predicted octanol–water partition coefficient (Wildman–Crippen LogP) is 2.83. The van der Waals surface area contributed by atoms with E-state index < -0.39 is 6.10 Å². The molecule has 1 aliphatic rings. The van der Waals surface area contributed by atoms with Crippen LogP contribution in [0.1, 0.15) is 16.7 Å². The smallest absolute Gasteiger partial charge is 0.128 e. The summed E-state index contributed by atoms with van der Waals surface area (Å²) in [6.45, 7) is 8.01. The Labute approximate surface area is 161 Å². The second kappa shape index (κ2) is 9.95. The van der Waals surface area contributed by atoms with Gasteiger partial charge in [-0.25, -0.2) is 4.39 Å². The minimum absolute atomic E-state index is 0.188. The highest BCUT2D eigenvalue weighted by Crippen LogP contribution is 2.13. The van der Waals surface area contributed by atoms with E-state index in [2.05, 4.69) is 41.0 Å². The molecule has 2 aromatic carbocycles. The van der Waals surface area contributed by atoms with E-state index in [0.29, 0.717) is 12.1 Å². The van der Waals surface area contributed by atoms with E-state index in [0.717, 1.165) is 32.7 Å². The molecule has 0 bridgehead atoms. The van der Waals surface area contributed by atoms with Gasteiger partial charge in [-0.05, 0) is 24.1 Å². The molecule has 1 fully saturated rings. The summed E-state index contributed by atoms with van der Waals surface area (Å²) in [5.74, 6) is -0.267. The molecule has 1 unspecified atom stereocenters. The SMILES string of the molecule is Cc1ccccc1CN1CCN(CC(O)COCc2ccccc2F)CC1.